The Kier molecular flexibility index (Phi) is 9.85. The number of hydrogen-bond acceptors (Lipinski definition) is 8. The highest BCUT2D eigenvalue weighted by Crippen LogP contribution is 2.28. The normalized spacial score (nSPS) is 12.0. The molecule has 0 aliphatic heterocycles. The molecular weight excluding hydrogens is 560 g/mol. The van der Waals surface area contributed by atoms with E-state index in [1.807, 2.05) is 49.6 Å². The highest BCUT2D eigenvalue weighted by atomic mass is 32.2. The highest BCUT2D eigenvalue weighted by molar-refractivity contribution is 7.98. The maximum absolute atomic E-state index is 13.3. The zero-order valence-corrected chi connectivity index (χ0v) is 24.7. The number of nitrogens with one attached hydrogen (secondary N) is 2. The number of esters is 1. The minimum absolute atomic E-state index is 0.185. The Morgan fingerprint density at radius 2 is 1.78 bits per heavy atom. The highest BCUT2D eigenvalue weighted by Gasteiger charge is 2.24. The first-order chi connectivity index (χ1) is 19.7. The van der Waals surface area contributed by atoms with Gasteiger partial charge in [0.15, 0.2) is 0 Å². The number of thioether (sulfide) groups is 1. The van der Waals surface area contributed by atoms with E-state index < -0.39 is 22.0 Å². The Labute approximate surface area is 244 Å². The first-order valence-electron chi connectivity index (χ1n) is 12.9. The molecule has 1 aromatic heterocycles. The van der Waals surface area contributed by atoms with Crippen LogP contribution in [0.1, 0.15) is 28.0 Å². The lowest BCUT2D eigenvalue weighted by Crippen LogP contribution is -2.42. The largest absolute Gasteiger partial charge is 0.467 e. The minimum atomic E-state index is -3.75. The number of imidazole rings is 1. The molecule has 0 saturated carbocycles. The molecule has 0 aliphatic rings. The minimum Gasteiger partial charge on any atom is -0.467 e. The summed E-state index contributed by atoms with van der Waals surface area (Å²) in [5.74, 6) is -0.181. The van der Waals surface area contributed by atoms with E-state index in [1.54, 1.807) is 48.2 Å². The number of aromatic nitrogens is 2. The summed E-state index contributed by atoms with van der Waals surface area (Å²) in [6.45, 7) is 2.15. The molecular formula is C30H32N4O5S2. The van der Waals surface area contributed by atoms with E-state index in [-0.39, 0.29) is 17.3 Å². The van der Waals surface area contributed by atoms with Gasteiger partial charge in [-0.25, -0.2) is 22.2 Å². The first-order valence-corrected chi connectivity index (χ1v) is 15.7. The van der Waals surface area contributed by atoms with E-state index in [2.05, 4.69) is 15.6 Å². The smallest absolute Gasteiger partial charge is 0.328 e. The molecule has 214 valence electrons. The predicted octanol–water partition coefficient (Wildman–Crippen LogP) is 4.73. The second-order valence-electron chi connectivity index (χ2n) is 9.32. The van der Waals surface area contributed by atoms with E-state index in [0.717, 1.165) is 15.1 Å². The van der Waals surface area contributed by atoms with E-state index >= 15 is 0 Å². The number of benzene rings is 3. The van der Waals surface area contributed by atoms with Crippen LogP contribution in [0, 0.1) is 6.92 Å². The van der Waals surface area contributed by atoms with Crippen LogP contribution in [0.5, 0.6) is 0 Å². The van der Waals surface area contributed by atoms with Gasteiger partial charge in [-0.05, 0) is 66.8 Å². The molecule has 4 aromatic rings. The first kappa shape index (κ1) is 29.9. The van der Waals surface area contributed by atoms with Crippen LogP contribution in [0.2, 0.25) is 0 Å². The van der Waals surface area contributed by atoms with Gasteiger partial charge in [-0.2, -0.15) is 11.8 Å². The zero-order valence-electron chi connectivity index (χ0n) is 23.0. The van der Waals surface area contributed by atoms with Crippen LogP contribution in [0.3, 0.4) is 0 Å². The number of anilines is 1. The third kappa shape index (κ3) is 7.36. The quantitative estimate of drug-likeness (QED) is 0.227. The Balaban J connectivity index is 1.55. The summed E-state index contributed by atoms with van der Waals surface area (Å²) in [7, 11) is -2.45. The fourth-order valence-corrected chi connectivity index (χ4v) is 5.79. The summed E-state index contributed by atoms with van der Waals surface area (Å²) in [4.78, 5) is 30.1. The number of hydrogen-bond donors (Lipinski definition) is 2. The van der Waals surface area contributed by atoms with Crippen LogP contribution in [0.25, 0.3) is 11.1 Å². The molecule has 0 unspecified atom stereocenters. The Morgan fingerprint density at radius 1 is 1.05 bits per heavy atom. The van der Waals surface area contributed by atoms with Gasteiger partial charge < -0.3 is 15.4 Å². The number of carbonyl (C=O) groups excluding carboxylic acids is 2. The molecule has 2 N–H and O–H groups in total. The molecule has 3 aromatic carbocycles. The summed E-state index contributed by atoms with van der Waals surface area (Å²) < 4.78 is 31.9. The number of amides is 1. The maximum Gasteiger partial charge on any atom is 0.328 e. The maximum atomic E-state index is 13.3. The number of nitrogens with zero attached hydrogens (tertiary/aromatic N) is 2. The standard InChI is InChI=1S/C30H32N4O5S2/c1-21-9-12-25(13-10-21)41(37,38)34-19-24(32-20-34)18-31-23-11-14-26(27(17-23)22-7-5-4-6-8-22)29(35)33-28(15-16-40-3)30(36)39-2/h4-14,17,19-20,28,31H,15-16,18H2,1-3H3,(H,33,35)/t28-/m0/s1. The van der Waals surface area contributed by atoms with E-state index in [4.69, 9.17) is 4.74 Å². The Morgan fingerprint density at radius 3 is 2.46 bits per heavy atom. The van der Waals surface area contributed by atoms with Crippen LogP contribution < -0.4 is 10.6 Å². The average Bonchev–Trinajstić information content (AvgIpc) is 3.48. The third-order valence-electron chi connectivity index (χ3n) is 6.43. The average molecular weight is 593 g/mol. The number of ether oxygens (including phenoxy) is 1. The third-order valence-corrected chi connectivity index (χ3v) is 8.70. The lowest BCUT2D eigenvalue weighted by atomic mass is 9.98. The summed E-state index contributed by atoms with van der Waals surface area (Å²) >= 11 is 1.58. The summed E-state index contributed by atoms with van der Waals surface area (Å²) in [6.07, 6.45) is 5.14. The van der Waals surface area contributed by atoms with Crippen LogP contribution >= 0.6 is 11.8 Å². The van der Waals surface area contributed by atoms with Gasteiger partial charge in [-0.15, -0.1) is 0 Å². The van der Waals surface area contributed by atoms with Gasteiger partial charge in [0, 0.05) is 17.4 Å². The van der Waals surface area contributed by atoms with Crippen LogP contribution in [-0.2, 0) is 26.1 Å². The van der Waals surface area contributed by atoms with Crippen molar-refractivity contribution in [2.45, 2.75) is 30.8 Å². The van der Waals surface area contributed by atoms with Gasteiger partial charge in [0.1, 0.15) is 12.4 Å². The van der Waals surface area contributed by atoms with Crippen molar-refractivity contribution >= 4 is 39.3 Å². The Hall–Kier alpha value is -4.09. The molecule has 0 radical (unpaired) electrons. The molecule has 41 heavy (non-hydrogen) atoms. The SMILES string of the molecule is COC(=O)[C@H](CCSC)NC(=O)c1ccc(NCc2cn(S(=O)(=O)c3ccc(C)cc3)cn2)cc1-c1ccccc1. The van der Waals surface area contributed by atoms with Crippen molar-refractivity contribution in [1.29, 1.82) is 0 Å². The van der Waals surface area contributed by atoms with Crippen molar-refractivity contribution < 1.29 is 22.7 Å². The summed E-state index contributed by atoms with van der Waals surface area (Å²) in [5.41, 5.74) is 4.12. The van der Waals surface area contributed by atoms with Crippen molar-refractivity contribution in [3.8, 4) is 11.1 Å². The second-order valence-corrected chi connectivity index (χ2v) is 12.2. The molecule has 1 amide bonds. The lowest BCUT2D eigenvalue weighted by Gasteiger charge is -2.18. The van der Waals surface area contributed by atoms with Gasteiger partial charge in [0.25, 0.3) is 15.9 Å². The van der Waals surface area contributed by atoms with Crippen molar-refractivity contribution in [2.24, 2.45) is 0 Å². The molecule has 0 fully saturated rings. The molecule has 1 atom stereocenters. The predicted molar refractivity (Wildman–Crippen MR) is 161 cm³/mol. The molecule has 0 spiro atoms. The summed E-state index contributed by atoms with van der Waals surface area (Å²) in [6, 6.07) is 20.7. The van der Waals surface area contributed by atoms with E-state index in [1.165, 1.54) is 19.6 Å². The van der Waals surface area contributed by atoms with Gasteiger partial charge in [-0.1, -0.05) is 48.0 Å². The topological polar surface area (TPSA) is 119 Å². The van der Waals surface area contributed by atoms with Crippen molar-refractivity contribution in [2.75, 3.05) is 24.4 Å². The molecule has 11 heteroatoms. The molecule has 4 rings (SSSR count). The number of rotatable bonds is 12. The van der Waals surface area contributed by atoms with Crippen molar-refractivity contribution in [3.05, 3.63) is 102 Å². The van der Waals surface area contributed by atoms with Gasteiger partial charge in [0.05, 0.1) is 24.2 Å². The summed E-state index contributed by atoms with van der Waals surface area (Å²) in [5, 5.41) is 6.09. The second kappa shape index (κ2) is 13.5. The van der Waals surface area contributed by atoms with Crippen molar-refractivity contribution in [1.82, 2.24) is 14.3 Å². The lowest BCUT2D eigenvalue weighted by molar-refractivity contribution is -0.142. The van der Waals surface area contributed by atoms with E-state index in [9.17, 15) is 18.0 Å². The van der Waals surface area contributed by atoms with Gasteiger partial charge >= 0.3 is 5.97 Å². The van der Waals surface area contributed by atoms with Crippen molar-refractivity contribution in [3.63, 3.8) is 0 Å². The fraction of sp³-hybridized carbons (Fsp3) is 0.233. The van der Waals surface area contributed by atoms with Crippen LogP contribution in [0.4, 0.5) is 5.69 Å². The number of carbonyl (C=O) groups is 2. The molecule has 0 bridgehead atoms. The van der Waals surface area contributed by atoms with Gasteiger partial charge in [0.2, 0.25) is 0 Å². The molecule has 9 nitrogen and oxygen atoms in total. The van der Waals surface area contributed by atoms with Crippen LogP contribution in [0.15, 0.2) is 90.2 Å². The van der Waals surface area contributed by atoms with Crippen LogP contribution in [-0.4, -0.2) is 54.4 Å². The number of methoxy groups -OCH3 is 1. The number of aryl methyl sites for hydroxylation is 1. The van der Waals surface area contributed by atoms with E-state index in [0.29, 0.717) is 34.7 Å². The monoisotopic (exact) mass is 592 g/mol. The Bertz CT molecular complexity index is 1600. The molecule has 0 saturated heterocycles. The zero-order chi connectivity index (χ0) is 29.4. The molecule has 1 heterocycles. The van der Waals surface area contributed by atoms with Gasteiger partial charge in [-0.3, -0.25) is 4.79 Å². The molecule has 0 aliphatic carbocycles. The fourth-order valence-electron chi connectivity index (χ4n) is 4.16.